The lowest BCUT2D eigenvalue weighted by Gasteiger charge is -2.15. The number of rotatable bonds is 5. The fourth-order valence-corrected chi connectivity index (χ4v) is 8.96. The van der Waals surface area contributed by atoms with Gasteiger partial charge in [0, 0.05) is 55.0 Å². The van der Waals surface area contributed by atoms with E-state index in [1.165, 1.54) is 10.8 Å². The molecule has 0 amide bonds. The monoisotopic (exact) mass is 743 g/mol. The zero-order valence-corrected chi connectivity index (χ0v) is 31.5. The molecule has 0 spiro atoms. The van der Waals surface area contributed by atoms with Crippen molar-refractivity contribution >= 4 is 65.6 Å². The van der Waals surface area contributed by atoms with Crippen LogP contribution in [0.15, 0.2) is 186 Å². The van der Waals surface area contributed by atoms with Crippen molar-refractivity contribution < 1.29 is 4.42 Å². The van der Waals surface area contributed by atoms with Crippen LogP contribution >= 0.6 is 0 Å². The van der Waals surface area contributed by atoms with Gasteiger partial charge in [0.25, 0.3) is 0 Å². The number of hydrogen-bond donors (Lipinski definition) is 0. The zero-order valence-electron chi connectivity index (χ0n) is 31.5. The molecule has 12 rings (SSSR count). The van der Waals surface area contributed by atoms with E-state index >= 15 is 0 Å². The van der Waals surface area contributed by atoms with E-state index in [0.29, 0.717) is 17.5 Å². The summed E-state index contributed by atoms with van der Waals surface area (Å²) in [6.45, 7) is 2.19. The summed E-state index contributed by atoms with van der Waals surface area (Å²) in [5, 5.41) is 6.82. The van der Waals surface area contributed by atoms with E-state index in [1.807, 2.05) is 60.7 Å². The molecule has 0 atom stereocenters. The lowest BCUT2D eigenvalue weighted by molar-refractivity contribution is 0.673. The number of aromatic nitrogens is 5. The summed E-state index contributed by atoms with van der Waals surface area (Å²) in [6, 6.07) is 63.4. The molecule has 4 aromatic heterocycles. The molecule has 6 nitrogen and oxygen atoms in total. The quantitative estimate of drug-likeness (QED) is 0.176. The van der Waals surface area contributed by atoms with Crippen molar-refractivity contribution in [2.75, 3.05) is 0 Å². The van der Waals surface area contributed by atoms with Crippen molar-refractivity contribution in [1.82, 2.24) is 24.1 Å². The van der Waals surface area contributed by atoms with Gasteiger partial charge in [-0.15, -0.1) is 0 Å². The van der Waals surface area contributed by atoms with Crippen LogP contribution in [0.2, 0.25) is 0 Å². The van der Waals surface area contributed by atoms with Crippen LogP contribution in [0.5, 0.6) is 0 Å². The predicted octanol–water partition coefficient (Wildman–Crippen LogP) is 13.3. The molecule has 0 unspecified atom stereocenters. The van der Waals surface area contributed by atoms with Gasteiger partial charge in [-0.25, -0.2) is 15.0 Å². The Morgan fingerprint density at radius 2 is 0.914 bits per heavy atom. The van der Waals surface area contributed by atoms with E-state index in [9.17, 15) is 0 Å². The maximum atomic E-state index is 6.93. The first-order valence-corrected chi connectivity index (χ1v) is 19.5. The first-order chi connectivity index (χ1) is 28.7. The summed E-state index contributed by atoms with van der Waals surface area (Å²) < 4.78 is 11.8. The van der Waals surface area contributed by atoms with Gasteiger partial charge in [0.15, 0.2) is 17.5 Å². The van der Waals surface area contributed by atoms with Crippen molar-refractivity contribution in [1.29, 1.82) is 0 Å². The average Bonchev–Trinajstić information content (AvgIpc) is 3.95. The van der Waals surface area contributed by atoms with Gasteiger partial charge < -0.3 is 13.6 Å². The summed E-state index contributed by atoms with van der Waals surface area (Å²) in [5.41, 5.74) is 12.3. The molecule has 0 radical (unpaired) electrons. The molecule has 12 aromatic rings. The van der Waals surface area contributed by atoms with Gasteiger partial charge in [0.2, 0.25) is 0 Å². The summed E-state index contributed by atoms with van der Waals surface area (Å²) >= 11 is 0. The van der Waals surface area contributed by atoms with Gasteiger partial charge in [-0.3, -0.25) is 0 Å². The van der Waals surface area contributed by atoms with E-state index in [4.69, 9.17) is 19.4 Å². The average molecular weight is 744 g/mol. The van der Waals surface area contributed by atoms with Crippen LogP contribution in [0.3, 0.4) is 0 Å². The lowest BCUT2D eigenvalue weighted by Crippen LogP contribution is -2.02. The predicted molar refractivity (Wildman–Crippen MR) is 237 cm³/mol. The summed E-state index contributed by atoms with van der Waals surface area (Å²) in [6.07, 6.45) is 0. The Hall–Kier alpha value is -7.83. The highest BCUT2D eigenvalue weighted by molar-refractivity contribution is 6.39. The fourth-order valence-electron chi connectivity index (χ4n) is 8.96. The second kappa shape index (κ2) is 12.6. The van der Waals surface area contributed by atoms with E-state index in [-0.39, 0.29) is 0 Å². The van der Waals surface area contributed by atoms with Crippen LogP contribution in [0.25, 0.3) is 111 Å². The number of fused-ring (bicyclic) bond motifs is 12. The number of benzene rings is 8. The highest BCUT2D eigenvalue weighted by Crippen LogP contribution is 2.49. The highest BCUT2D eigenvalue weighted by Gasteiger charge is 2.28. The van der Waals surface area contributed by atoms with Crippen molar-refractivity contribution in [2.45, 2.75) is 6.92 Å². The zero-order chi connectivity index (χ0) is 38.3. The smallest absolute Gasteiger partial charge is 0.164 e. The third-order valence-corrected chi connectivity index (χ3v) is 11.5. The Morgan fingerprint density at radius 3 is 1.55 bits per heavy atom. The molecule has 6 heteroatoms. The van der Waals surface area contributed by atoms with Crippen LogP contribution < -0.4 is 0 Å². The summed E-state index contributed by atoms with van der Waals surface area (Å²) in [7, 11) is 0. The Balaban J connectivity index is 1.19. The van der Waals surface area contributed by atoms with Gasteiger partial charge in [-0.1, -0.05) is 133 Å². The Morgan fingerprint density at radius 1 is 0.414 bits per heavy atom. The Kier molecular flexibility index (Phi) is 7.04. The third kappa shape index (κ3) is 4.75. The summed E-state index contributed by atoms with van der Waals surface area (Å²) in [5.74, 6) is 1.91. The van der Waals surface area contributed by atoms with Crippen LogP contribution in [0, 0.1) is 6.92 Å². The van der Waals surface area contributed by atoms with E-state index in [0.717, 1.165) is 88.4 Å². The molecule has 0 saturated carbocycles. The van der Waals surface area contributed by atoms with Crippen LogP contribution in [0.1, 0.15) is 5.56 Å². The lowest BCUT2D eigenvalue weighted by atomic mass is 10.0. The van der Waals surface area contributed by atoms with Crippen molar-refractivity contribution in [3.63, 3.8) is 0 Å². The van der Waals surface area contributed by atoms with Crippen LogP contribution in [0.4, 0.5) is 0 Å². The summed E-state index contributed by atoms with van der Waals surface area (Å²) in [4.78, 5) is 15.0. The molecule has 0 saturated heterocycles. The van der Waals surface area contributed by atoms with Gasteiger partial charge in [-0.2, -0.15) is 0 Å². The second-order valence-electron chi connectivity index (χ2n) is 14.8. The molecule has 0 aliphatic carbocycles. The Labute approximate surface area is 332 Å². The Bertz CT molecular complexity index is 3510. The molecule has 0 N–H and O–H groups in total. The molecule has 0 fully saturated rings. The molecule has 0 bridgehead atoms. The molecule has 58 heavy (non-hydrogen) atoms. The van der Waals surface area contributed by atoms with Gasteiger partial charge in [-0.05, 0) is 61.0 Å². The van der Waals surface area contributed by atoms with E-state index in [2.05, 4.69) is 137 Å². The van der Waals surface area contributed by atoms with Crippen molar-refractivity contribution in [2.24, 2.45) is 0 Å². The molecule has 0 aliphatic rings. The number of nitrogens with zero attached hydrogens (tertiary/aromatic N) is 5. The van der Waals surface area contributed by atoms with Gasteiger partial charge in [0.05, 0.1) is 27.5 Å². The van der Waals surface area contributed by atoms with E-state index < -0.39 is 0 Å². The number of para-hydroxylation sites is 4. The minimum atomic E-state index is 0.628. The fraction of sp³-hybridized carbons (Fsp3) is 0.0192. The van der Waals surface area contributed by atoms with E-state index in [1.54, 1.807) is 0 Å². The minimum absolute atomic E-state index is 0.628. The van der Waals surface area contributed by atoms with Crippen LogP contribution in [-0.2, 0) is 0 Å². The number of hydrogen-bond acceptors (Lipinski definition) is 4. The largest absolute Gasteiger partial charge is 0.455 e. The standard InChI is InChI=1S/C52H33N5O/c1-32-31-35(52-54-50(33-17-5-2-6-18-33)53-51(55-52)34-19-7-3-8-20-34)29-30-40(32)57-42-27-15-11-23-37(42)44-45-39-25-13-16-28-43(39)58-49(45)46-38-24-12-14-26-41(38)56(48(46)47(44)57)36-21-9-4-10-22-36/h2-31H,1H3. The SMILES string of the molecule is Cc1cc(-c2nc(-c3ccccc3)nc(-c3ccccc3)n2)ccc1-n1c2ccccc2c2c3c4ccccc4oc3c3c4ccccc4n(-c4ccccc4)c3c21. The third-order valence-electron chi connectivity index (χ3n) is 11.5. The van der Waals surface area contributed by atoms with Crippen molar-refractivity contribution in [3.8, 4) is 45.5 Å². The first-order valence-electron chi connectivity index (χ1n) is 19.5. The highest BCUT2D eigenvalue weighted by atomic mass is 16.3. The second-order valence-corrected chi connectivity index (χ2v) is 14.8. The molecular weight excluding hydrogens is 711 g/mol. The maximum absolute atomic E-state index is 6.93. The molecule has 272 valence electrons. The number of furan rings is 1. The maximum Gasteiger partial charge on any atom is 0.164 e. The topological polar surface area (TPSA) is 61.7 Å². The number of aryl methyl sites for hydroxylation is 1. The molecule has 0 aliphatic heterocycles. The molecular formula is C52H33N5O. The molecule has 8 aromatic carbocycles. The van der Waals surface area contributed by atoms with Gasteiger partial charge in [0.1, 0.15) is 11.2 Å². The minimum Gasteiger partial charge on any atom is -0.455 e. The molecule has 4 heterocycles. The van der Waals surface area contributed by atoms with Gasteiger partial charge >= 0.3 is 0 Å². The van der Waals surface area contributed by atoms with Crippen molar-refractivity contribution in [3.05, 3.63) is 188 Å². The van der Waals surface area contributed by atoms with Crippen LogP contribution in [-0.4, -0.2) is 24.1 Å². The normalized spacial score (nSPS) is 11.9. The first kappa shape index (κ1) is 32.4.